The SMILES string of the molecule is COc1c2cc(C=Nc3ccc(-c4cc(-c5ccccc5)cc(-c5ccccc5)c4)cc3)sc2c(OC)c2cc(C=Nc3ccc(-c4cc(-c5ccccc5)cc(-c5ccccc5)c4)cc3)sc12.COc1c2cc(C=Nc3ccc(-c4cc(-c5ccccc5)cc(-c5ccccc5)c4)cc3)sc2c(OC)c2cc(C=Nc3ccc(-c4cc(-c5ccccc5)cc(-c5ccccc5)c4)cc3)sc12. The van der Waals surface area contributed by atoms with Gasteiger partial charge in [-0.05, 0) is 279 Å². The monoisotopic (exact) mass is 1820 g/mol. The Kier molecular flexibility index (Phi) is 25.2. The predicted molar refractivity (Wildman–Crippen MR) is 581 cm³/mol. The number of thiophene rings is 4. The number of hydrogen-bond acceptors (Lipinski definition) is 12. The second-order valence-corrected chi connectivity index (χ2v) is 37.4. The van der Waals surface area contributed by atoms with Gasteiger partial charge in [0.2, 0.25) is 0 Å². The summed E-state index contributed by atoms with van der Waals surface area (Å²) in [5.74, 6) is 3.30. The molecule has 0 spiro atoms. The summed E-state index contributed by atoms with van der Waals surface area (Å²) in [7, 11) is 6.94. The normalized spacial score (nSPS) is 11.6. The molecule has 18 aromatic carbocycles. The van der Waals surface area contributed by atoms with E-state index in [0.29, 0.717) is 0 Å². The Bertz CT molecular complexity index is 6860. The second-order valence-electron chi connectivity index (χ2n) is 33.0. The minimum Gasteiger partial charge on any atom is -0.495 e. The highest BCUT2D eigenvalue weighted by Crippen LogP contribution is 2.52. The van der Waals surface area contributed by atoms with Crippen LogP contribution in [0.5, 0.6) is 23.0 Å². The highest BCUT2D eigenvalue weighted by atomic mass is 32.1. The summed E-state index contributed by atoms with van der Waals surface area (Å²) in [5.41, 5.74) is 31.7. The lowest BCUT2D eigenvalue weighted by Crippen LogP contribution is -1.88. The molecule has 0 aliphatic heterocycles. The van der Waals surface area contributed by atoms with Gasteiger partial charge in [0.15, 0.2) is 0 Å². The minimum absolute atomic E-state index is 0.824. The van der Waals surface area contributed by atoms with Crippen LogP contribution in [0.25, 0.3) is 174 Å². The van der Waals surface area contributed by atoms with E-state index in [0.717, 1.165) is 150 Å². The van der Waals surface area contributed by atoms with Gasteiger partial charge in [0.05, 0.1) is 70.0 Å². The average molecular weight is 1830 g/mol. The number of hydrogen-bond donors (Lipinski definition) is 0. The molecule has 0 atom stereocenters. The van der Waals surface area contributed by atoms with Crippen LogP contribution in [0, 0.1) is 0 Å². The molecule has 4 aromatic heterocycles. The first-order valence-corrected chi connectivity index (χ1v) is 48.2. The molecular formula is C124H88N4O4S4. The molecule has 0 radical (unpaired) electrons. The van der Waals surface area contributed by atoms with Crippen LogP contribution in [0.4, 0.5) is 22.7 Å². The number of benzene rings is 18. The first kappa shape index (κ1) is 86.4. The van der Waals surface area contributed by atoms with Crippen molar-refractivity contribution in [3.8, 4) is 157 Å². The van der Waals surface area contributed by atoms with Gasteiger partial charge in [0.25, 0.3) is 0 Å². The molecule has 136 heavy (non-hydrogen) atoms. The first-order valence-electron chi connectivity index (χ1n) is 45.0. The van der Waals surface area contributed by atoms with Crippen molar-refractivity contribution in [1.29, 1.82) is 0 Å². The fourth-order valence-corrected chi connectivity index (χ4v) is 21.9. The quantitative estimate of drug-likeness (QED) is 0.0564. The van der Waals surface area contributed by atoms with Gasteiger partial charge in [-0.15, -0.1) is 45.3 Å². The van der Waals surface area contributed by atoms with E-state index >= 15 is 0 Å². The maximum absolute atomic E-state index is 6.12. The van der Waals surface area contributed by atoms with Crippen molar-refractivity contribution in [2.75, 3.05) is 28.4 Å². The molecule has 22 rings (SSSR count). The summed E-state index contributed by atoms with van der Waals surface area (Å²) in [6, 6.07) is 154. The summed E-state index contributed by atoms with van der Waals surface area (Å²) in [4.78, 5) is 23.7. The van der Waals surface area contributed by atoms with Crippen LogP contribution in [0.15, 0.2) is 457 Å². The van der Waals surface area contributed by atoms with E-state index < -0.39 is 0 Å². The molecule has 0 aliphatic rings. The van der Waals surface area contributed by atoms with Gasteiger partial charge in [0, 0.05) is 65.9 Å². The maximum atomic E-state index is 6.12. The Labute approximate surface area is 807 Å². The zero-order valence-electron chi connectivity index (χ0n) is 74.9. The largest absolute Gasteiger partial charge is 0.495 e. The van der Waals surface area contributed by atoms with E-state index in [1.807, 2.05) is 24.9 Å². The van der Waals surface area contributed by atoms with Crippen molar-refractivity contribution < 1.29 is 18.9 Å². The summed E-state index contributed by atoms with van der Waals surface area (Å²) in [6.07, 6.45) is 7.73. The van der Waals surface area contributed by atoms with Gasteiger partial charge in [-0.2, -0.15) is 0 Å². The molecule has 0 saturated heterocycles. The van der Waals surface area contributed by atoms with Crippen molar-refractivity contribution in [1.82, 2.24) is 0 Å². The van der Waals surface area contributed by atoms with E-state index in [4.69, 9.17) is 38.9 Å². The zero-order chi connectivity index (χ0) is 91.6. The van der Waals surface area contributed by atoms with Gasteiger partial charge >= 0.3 is 0 Å². The smallest absolute Gasteiger partial charge is 0.145 e. The Balaban J connectivity index is 0.000000163. The van der Waals surface area contributed by atoms with E-state index in [1.165, 1.54) is 89.0 Å². The van der Waals surface area contributed by atoms with Crippen LogP contribution in [0.3, 0.4) is 0 Å². The molecule has 0 unspecified atom stereocenters. The van der Waals surface area contributed by atoms with Gasteiger partial charge in [-0.1, -0.05) is 291 Å². The lowest BCUT2D eigenvalue weighted by atomic mass is 9.93. The number of nitrogens with zero attached hydrogens (tertiary/aromatic N) is 4. The van der Waals surface area contributed by atoms with Crippen LogP contribution in [-0.2, 0) is 0 Å². The lowest BCUT2D eigenvalue weighted by Gasteiger charge is -2.11. The Morgan fingerprint density at radius 2 is 0.287 bits per heavy atom. The summed E-state index contributed by atoms with van der Waals surface area (Å²) >= 11 is 6.58. The van der Waals surface area contributed by atoms with Gasteiger partial charge < -0.3 is 18.9 Å². The van der Waals surface area contributed by atoms with E-state index in [1.54, 1.807) is 73.8 Å². The second kappa shape index (κ2) is 39.6. The van der Waals surface area contributed by atoms with Crippen LogP contribution in [0.1, 0.15) is 19.5 Å². The fraction of sp³-hybridized carbons (Fsp3) is 0.0323. The number of rotatable bonds is 24. The molecule has 8 nitrogen and oxygen atoms in total. The number of methoxy groups -OCH3 is 4. The molecule has 0 fully saturated rings. The number of ether oxygens (including phenoxy) is 4. The highest BCUT2D eigenvalue weighted by molar-refractivity contribution is 7.24. The summed E-state index contributed by atoms with van der Waals surface area (Å²) < 4.78 is 28.6. The van der Waals surface area contributed by atoms with E-state index in [-0.39, 0.29) is 0 Å². The van der Waals surface area contributed by atoms with Gasteiger partial charge in [-0.25, -0.2) is 0 Å². The third-order valence-corrected chi connectivity index (χ3v) is 28.7. The first-order chi connectivity index (χ1) is 67.1. The topological polar surface area (TPSA) is 86.4 Å². The Hall–Kier alpha value is -16.3. The highest BCUT2D eigenvalue weighted by Gasteiger charge is 2.24. The Morgan fingerprint density at radius 1 is 0.154 bits per heavy atom. The van der Waals surface area contributed by atoms with Crippen molar-refractivity contribution in [2.24, 2.45) is 20.0 Å². The predicted octanol–water partition coefficient (Wildman–Crippen LogP) is 35.3. The zero-order valence-corrected chi connectivity index (χ0v) is 78.2. The summed E-state index contributed by atoms with van der Waals surface area (Å²) in [6.45, 7) is 0. The molecule has 652 valence electrons. The number of aliphatic imine (C=N–C) groups is 4. The molecular weight excluding hydrogens is 1740 g/mol. The molecule has 22 aromatic rings. The number of fused-ring (bicyclic) bond motifs is 4. The van der Waals surface area contributed by atoms with Crippen molar-refractivity contribution >= 4 is 133 Å². The standard InChI is InChI=1S/2C62H44N2O2S2/c2*1-65-59-57-37-55(39-63-53-27-23-45(24-28-53)51-33-47(41-15-7-3-8-16-41)31-48(34-51)42-17-9-4-10-18-42)68-62(57)60(66-2)58-38-56(67-61(58)59)40-64-54-29-25-46(26-30-54)52-35-49(43-19-11-5-12-20-43)32-50(36-52)44-21-13-6-14-22-44/h2*3-40H,1-2H3. The van der Waals surface area contributed by atoms with Gasteiger partial charge in [-0.3, -0.25) is 20.0 Å². The molecule has 4 heterocycles. The molecule has 0 bridgehead atoms. The van der Waals surface area contributed by atoms with E-state index in [9.17, 15) is 0 Å². The minimum atomic E-state index is 0.824. The van der Waals surface area contributed by atoms with E-state index in [2.05, 4.69) is 437 Å². The lowest BCUT2D eigenvalue weighted by molar-refractivity contribution is 0.419. The third-order valence-electron chi connectivity index (χ3n) is 24.4. The molecule has 0 aliphatic carbocycles. The van der Waals surface area contributed by atoms with Crippen LogP contribution in [0.2, 0.25) is 0 Å². The molecule has 12 heteroatoms. The molecule has 0 N–H and O–H groups in total. The van der Waals surface area contributed by atoms with Gasteiger partial charge in [0.1, 0.15) is 23.0 Å². The third kappa shape index (κ3) is 18.8. The van der Waals surface area contributed by atoms with Crippen LogP contribution in [-0.4, -0.2) is 53.3 Å². The fourth-order valence-electron chi connectivity index (χ4n) is 17.6. The van der Waals surface area contributed by atoms with Crippen LogP contribution < -0.4 is 18.9 Å². The van der Waals surface area contributed by atoms with Crippen LogP contribution >= 0.6 is 45.3 Å². The maximum Gasteiger partial charge on any atom is 0.145 e. The average Bonchev–Trinajstić information content (AvgIpc) is 1.61. The van der Waals surface area contributed by atoms with Crippen molar-refractivity contribution in [3.05, 3.63) is 456 Å². The molecule has 0 saturated carbocycles. The molecule has 0 amide bonds. The Morgan fingerprint density at radius 3 is 0.419 bits per heavy atom. The summed E-state index contributed by atoms with van der Waals surface area (Å²) in [5, 5.41) is 4.00. The van der Waals surface area contributed by atoms with Crippen molar-refractivity contribution in [2.45, 2.75) is 0 Å². The van der Waals surface area contributed by atoms with Crippen molar-refractivity contribution in [3.63, 3.8) is 0 Å².